The van der Waals surface area contributed by atoms with Gasteiger partial charge in [0.1, 0.15) is 16.5 Å². The number of benzene rings is 1. The number of para-hydroxylation sites is 1. The van der Waals surface area contributed by atoms with Crippen LogP contribution in [-0.4, -0.2) is 22.8 Å². The van der Waals surface area contributed by atoms with Gasteiger partial charge in [0, 0.05) is 18.6 Å². The smallest absolute Gasteiger partial charge is 0.255 e. The molecule has 0 aliphatic rings. The molecule has 0 spiro atoms. The highest BCUT2D eigenvalue weighted by atomic mass is 35.5. The van der Waals surface area contributed by atoms with Gasteiger partial charge in [-0.2, -0.15) is 0 Å². The Bertz CT molecular complexity index is 778. The predicted octanol–water partition coefficient (Wildman–Crippen LogP) is 4.31. The van der Waals surface area contributed by atoms with Crippen LogP contribution in [0.1, 0.15) is 29.1 Å². The van der Waals surface area contributed by atoms with Crippen LogP contribution in [-0.2, 0) is 0 Å². The summed E-state index contributed by atoms with van der Waals surface area (Å²) in [5.74, 6) is 0.621. The van der Waals surface area contributed by atoms with E-state index in [4.69, 9.17) is 16.0 Å². The van der Waals surface area contributed by atoms with Gasteiger partial charge in [0.15, 0.2) is 0 Å². The summed E-state index contributed by atoms with van der Waals surface area (Å²) in [6.07, 6.45) is 1.48. The molecule has 4 nitrogen and oxygen atoms in total. The molecule has 0 N–H and O–H groups in total. The van der Waals surface area contributed by atoms with Gasteiger partial charge in [-0.3, -0.25) is 4.79 Å². The monoisotopic (exact) mass is 314 g/mol. The van der Waals surface area contributed by atoms with E-state index in [1.165, 1.54) is 6.20 Å². The van der Waals surface area contributed by atoms with Crippen LogP contribution >= 0.6 is 11.6 Å². The molecule has 2 aromatic heterocycles. The SMILES string of the molecule is CC(c1cc2ccccc2o1)N(C)C(=O)c1ccc(Cl)nc1. The summed E-state index contributed by atoms with van der Waals surface area (Å²) >= 11 is 5.75. The van der Waals surface area contributed by atoms with Crippen LogP contribution in [0.3, 0.4) is 0 Å². The zero-order valence-electron chi connectivity index (χ0n) is 12.3. The molecule has 112 valence electrons. The summed E-state index contributed by atoms with van der Waals surface area (Å²) < 4.78 is 5.83. The highest BCUT2D eigenvalue weighted by Crippen LogP contribution is 2.27. The summed E-state index contributed by atoms with van der Waals surface area (Å²) in [5.41, 5.74) is 1.31. The van der Waals surface area contributed by atoms with E-state index in [9.17, 15) is 4.79 Å². The van der Waals surface area contributed by atoms with Gasteiger partial charge in [0.05, 0.1) is 11.6 Å². The maximum atomic E-state index is 12.5. The van der Waals surface area contributed by atoms with Crippen molar-refractivity contribution < 1.29 is 9.21 Å². The Morgan fingerprint density at radius 2 is 2.05 bits per heavy atom. The zero-order chi connectivity index (χ0) is 15.7. The molecule has 5 heteroatoms. The van der Waals surface area contributed by atoms with Crippen molar-refractivity contribution in [2.75, 3.05) is 7.05 Å². The van der Waals surface area contributed by atoms with Gasteiger partial charge in [0.2, 0.25) is 0 Å². The van der Waals surface area contributed by atoms with Crippen molar-refractivity contribution in [3.05, 3.63) is 65.1 Å². The number of carbonyl (C=O) groups excluding carboxylic acids is 1. The van der Waals surface area contributed by atoms with Gasteiger partial charge in [0.25, 0.3) is 5.91 Å². The Morgan fingerprint density at radius 3 is 2.73 bits per heavy atom. The number of rotatable bonds is 3. The molecule has 1 amide bonds. The number of amides is 1. The highest BCUT2D eigenvalue weighted by molar-refractivity contribution is 6.29. The highest BCUT2D eigenvalue weighted by Gasteiger charge is 2.22. The molecule has 2 heterocycles. The van der Waals surface area contributed by atoms with E-state index in [1.807, 2.05) is 37.3 Å². The number of nitrogens with zero attached hydrogens (tertiary/aromatic N) is 2. The number of halogens is 1. The average Bonchev–Trinajstić information content (AvgIpc) is 2.97. The minimum Gasteiger partial charge on any atom is -0.459 e. The van der Waals surface area contributed by atoms with Crippen LogP contribution in [0.4, 0.5) is 0 Å². The van der Waals surface area contributed by atoms with Gasteiger partial charge < -0.3 is 9.32 Å². The third-order valence-corrected chi connectivity index (χ3v) is 3.96. The van der Waals surface area contributed by atoms with E-state index >= 15 is 0 Å². The standard InChI is InChI=1S/C17H15ClN2O2/c1-11(15-9-12-5-3-4-6-14(12)22-15)20(2)17(21)13-7-8-16(18)19-10-13/h3-11H,1-2H3. The number of carbonyl (C=O) groups is 1. The Labute approximate surface area is 133 Å². The first-order valence-electron chi connectivity index (χ1n) is 6.93. The van der Waals surface area contributed by atoms with Crippen molar-refractivity contribution in [2.45, 2.75) is 13.0 Å². The third-order valence-electron chi connectivity index (χ3n) is 3.73. The van der Waals surface area contributed by atoms with Crippen LogP contribution in [0.25, 0.3) is 11.0 Å². The zero-order valence-corrected chi connectivity index (χ0v) is 13.0. The van der Waals surface area contributed by atoms with Crippen molar-refractivity contribution in [1.29, 1.82) is 0 Å². The third kappa shape index (κ3) is 2.70. The van der Waals surface area contributed by atoms with Crippen molar-refractivity contribution in [2.24, 2.45) is 0 Å². The number of hydrogen-bond acceptors (Lipinski definition) is 3. The van der Waals surface area contributed by atoms with E-state index in [2.05, 4.69) is 4.98 Å². The second-order valence-electron chi connectivity index (χ2n) is 5.15. The molecular formula is C17H15ClN2O2. The molecule has 0 fully saturated rings. The van der Waals surface area contributed by atoms with E-state index < -0.39 is 0 Å². The molecule has 3 rings (SSSR count). The second-order valence-corrected chi connectivity index (χ2v) is 5.54. The van der Waals surface area contributed by atoms with Gasteiger partial charge in [-0.15, -0.1) is 0 Å². The normalized spacial score (nSPS) is 12.3. The van der Waals surface area contributed by atoms with E-state index in [0.29, 0.717) is 10.7 Å². The molecule has 1 unspecified atom stereocenters. The molecule has 0 aliphatic heterocycles. The number of aromatic nitrogens is 1. The molecule has 3 aromatic rings. The topological polar surface area (TPSA) is 46.3 Å². The van der Waals surface area contributed by atoms with Crippen molar-refractivity contribution >= 4 is 28.5 Å². The summed E-state index contributed by atoms with van der Waals surface area (Å²) in [6, 6.07) is 12.8. The predicted molar refractivity (Wildman–Crippen MR) is 86.0 cm³/mol. The fraction of sp³-hybridized carbons (Fsp3) is 0.176. The maximum absolute atomic E-state index is 12.5. The second kappa shape index (κ2) is 5.81. The first-order chi connectivity index (χ1) is 10.6. The lowest BCUT2D eigenvalue weighted by Crippen LogP contribution is -2.29. The largest absolute Gasteiger partial charge is 0.459 e. The number of fused-ring (bicyclic) bond motifs is 1. The summed E-state index contributed by atoms with van der Waals surface area (Å²) in [5, 5.41) is 1.39. The minimum absolute atomic E-state index is 0.128. The summed E-state index contributed by atoms with van der Waals surface area (Å²) in [6.45, 7) is 1.93. The fourth-order valence-corrected chi connectivity index (χ4v) is 2.39. The molecule has 0 saturated heterocycles. The number of pyridine rings is 1. The quantitative estimate of drug-likeness (QED) is 0.677. The molecule has 22 heavy (non-hydrogen) atoms. The van der Waals surface area contributed by atoms with E-state index in [0.717, 1.165) is 16.7 Å². The Balaban J connectivity index is 1.85. The van der Waals surface area contributed by atoms with E-state index in [-0.39, 0.29) is 11.9 Å². The summed E-state index contributed by atoms with van der Waals surface area (Å²) in [7, 11) is 1.74. The molecule has 0 saturated carbocycles. The van der Waals surface area contributed by atoms with Crippen molar-refractivity contribution in [3.63, 3.8) is 0 Å². The van der Waals surface area contributed by atoms with E-state index in [1.54, 1.807) is 24.1 Å². The Morgan fingerprint density at radius 1 is 1.27 bits per heavy atom. The van der Waals surface area contributed by atoms with Gasteiger partial charge >= 0.3 is 0 Å². The first kappa shape index (κ1) is 14.6. The van der Waals surface area contributed by atoms with Gasteiger partial charge in [-0.25, -0.2) is 4.98 Å². The Hall–Kier alpha value is -2.33. The minimum atomic E-state index is -0.185. The lowest BCUT2D eigenvalue weighted by molar-refractivity contribution is 0.0727. The van der Waals surface area contributed by atoms with Crippen LogP contribution in [0.5, 0.6) is 0 Å². The fourth-order valence-electron chi connectivity index (χ4n) is 2.28. The molecule has 0 aliphatic carbocycles. The lowest BCUT2D eigenvalue weighted by Gasteiger charge is -2.23. The number of furan rings is 1. The molecule has 0 radical (unpaired) electrons. The summed E-state index contributed by atoms with van der Waals surface area (Å²) in [4.78, 5) is 18.1. The average molecular weight is 315 g/mol. The maximum Gasteiger partial charge on any atom is 0.255 e. The molecule has 1 aromatic carbocycles. The number of hydrogen-bond donors (Lipinski definition) is 0. The van der Waals surface area contributed by atoms with Crippen molar-refractivity contribution in [3.8, 4) is 0 Å². The first-order valence-corrected chi connectivity index (χ1v) is 7.31. The van der Waals surface area contributed by atoms with Gasteiger partial charge in [-0.1, -0.05) is 29.8 Å². The lowest BCUT2D eigenvalue weighted by atomic mass is 10.1. The Kier molecular flexibility index (Phi) is 3.86. The van der Waals surface area contributed by atoms with Crippen LogP contribution in [0.2, 0.25) is 5.15 Å². The van der Waals surface area contributed by atoms with Crippen LogP contribution in [0.15, 0.2) is 53.1 Å². The van der Waals surface area contributed by atoms with Crippen LogP contribution in [0, 0.1) is 0 Å². The van der Waals surface area contributed by atoms with Crippen molar-refractivity contribution in [1.82, 2.24) is 9.88 Å². The van der Waals surface area contributed by atoms with Crippen LogP contribution < -0.4 is 0 Å². The van der Waals surface area contributed by atoms with Gasteiger partial charge in [-0.05, 0) is 31.2 Å². The molecular weight excluding hydrogens is 300 g/mol. The molecule has 0 bridgehead atoms. The molecule has 1 atom stereocenters.